The molecule has 2 N–H and O–H groups in total. The summed E-state index contributed by atoms with van der Waals surface area (Å²) in [6, 6.07) is 17.2. The van der Waals surface area contributed by atoms with Crippen LogP contribution >= 0.6 is 11.6 Å². The molecule has 0 aliphatic carbocycles. The summed E-state index contributed by atoms with van der Waals surface area (Å²) >= 11 is 6.49. The number of halogens is 1. The summed E-state index contributed by atoms with van der Waals surface area (Å²) in [5.74, 6) is -0.186. The van der Waals surface area contributed by atoms with E-state index in [1.807, 2.05) is 54.6 Å². The first kappa shape index (κ1) is 22.6. The fourth-order valence-corrected chi connectivity index (χ4v) is 4.94. The van der Waals surface area contributed by atoms with Gasteiger partial charge in [0.05, 0.1) is 12.0 Å². The Kier molecular flexibility index (Phi) is 7.66. The van der Waals surface area contributed by atoms with Crippen LogP contribution in [0.25, 0.3) is 0 Å². The molecule has 170 valence electrons. The number of hydrogen-bond acceptors (Lipinski definition) is 3. The topological polar surface area (TPSA) is 64.7 Å². The van der Waals surface area contributed by atoms with E-state index in [-0.39, 0.29) is 23.9 Å². The highest BCUT2D eigenvalue weighted by Crippen LogP contribution is 2.30. The Bertz CT molecular complexity index is 917. The van der Waals surface area contributed by atoms with Crippen molar-refractivity contribution < 1.29 is 9.59 Å². The van der Waals surface area contributed by atoms with E-state index in [2.05, 4.69) is 15.5 Å². The highest BCUT2D eigenvalue weighted by atomic mass is 35.5. The Morgan fingerprint density at radius 3 is 2.44 bits per heavy atom. The molecule has 7 heteroatoms. The molecule has 0 spiro atoms. The van der Waals surface area contributed by atoms with E-state index in [4.69, 9.17) is 11.6 Å². The Hall–Kier alpha value is -2.57. The van der Waals surface area contributed by atoms with Crippen LogP contribution in [-0.2, 0) is 4.79 Å². The minimum atomic E-state index is -0.198. The molecule has 4 rings (SSSR count). The van der Waals surface area contributed by atoms with Gasteiger partial charge in [-0.1, -0.05) is 48.0 Å². The summed E-state index contributed by atoms with van der Waals surface area (Å²) in [5, 5.41) is 6.82. The molecule has 0 radical (unpaired) electrons. The van der Waals surface area contributed by atoms with Crippen LogP contribution in [0.2, 0.25) is 5.02 Å². The third kappa shape index (κ3) is 5.61. The van der Waals surface area contributed by atoms with Crippen molar-refractivity contribution in [3.05, 3.63) is 65.2 Å². The summed E-state index contributed by atoms with van der Waals surface area (Å²) < 4.78 is 0. The van der Waals surface area contributed by atoms with Gasteiger partial charge < -0.3 is 15.5 Å². The molecule has 0 aromatic heterocycles. The van der Waals surface area contributed by atoms with Gasteiger partial charge in [0.15, 0.2) is 0 Å². The summed E-state index contributed by atoms with van der Waals surface area (Å²) in [6.07, 6.45) is 3.95. The largest absolute Gasteiger partial charge is 0.354 e. The minimum absolute atomic E-state index is 0.0125. The average Bonchev–Trinajstić information content (AvgIpc) is 3.35. The van der Waals surface area contributed by atoms with Crippen LogP contribution in [0.4, 0.5) is 10.5 Å². The van der Waals surface area contributed by atoms with Crippen molar-refractivity contribution in [2.75, 3.05) is 38.0 Å². The Labute approximate surface area is 194 Å². The Morgan fingerprint density at radius 1 is 0.969 bits per heavy atom. The van der Waals surface area contributed by atoms with Gasteiger partial charge in [-0.05, 0) is 62.5 Å². The van der Waals surface area contributed by atoms with Crippen molar-refractivity contribution >= 4 is 29.2 Å². The first-order valence-electron chi connectivity index (χ1n) is 11.5. The van der Waals surface area contributed by atoms with Crippen LogP contribution in [0.15, 0.2) is 54.6 Å². The van der Waals surface area contributed by atoms with Gasteiger partial charge in [-0.15, -0.1) is 0 Å². The van der Waals surface area contributed by atoms with Crippen LogP contribution in [0.3, 0.4) is 0 Å². The number of urea groups is 1. The number of nitrogens with one attached hydrogen (secondary N) is 2. The van der Waals surface area contributed by atoms with E-state index in [9.17, 15) is 9.59 Å². The smallest absolute Gasteiger partial charge is 0.321 e. The van der Waals surface area contributed by atoms with Gasteiger partial charge in [0.25, 0.3) is 0 Å². The van der Waals surface area contributed by atoms with E-state index in [0.717, 1.165) is 42.2 Å². The highest BCUT2D eigenvalue weighted by Gasteiger charge is 2.30. The summed E-state index contributed by atoms with van der Waals surface area (Å²) in [7, 11) is 0. The average molecular weight is 455 g/mol. The molecule has 2 aromatic carbocycles. The van der Waals surface area contributed by atoms with Crippen LogP contribution < -0.4 is 10.6 Å². The Balaban J connectivity index is 1.35. The first-order chi connectivity index (χ1) is 15.6. The van der Waals surface area contributed by atoms with Crippen molar-refractivity contribution in [1.29, 1.82) is 0 Å². The normalized spacial score (nSPS) is 20.0. The number of anilines is 1. The maximum atomic E-state index is 13.0. The molecule has 6 nitrogen and oxygen atoms in total. The summed E-state index contributed by atoms with van der Waals surface area (Å²) in [6.45, 7) is 3.66. The van der Waals surface area contributed by atoms with E-state index < -0.39 is 0 Å². The monoisotopic (exact) mass is 454 g/mol. The van der Waals surface area contributed by atoms with Crippen LogP contribution in [0.5, 0.6) is 0 Å². The lowest BCUT2D eigenvalue weighted by Crippen LogP contribution is -2.48. The number of likely N-dealkylation sites (tertiary alicyclic amines) is 2. The van der Waals surface area contributed by atoms with E-state index in [0.29, 0.717) is 19.6 Å². The highest BCUT2D eigenvalue weighted by molar-refractivity contribution is 6.31. The van der Waals surface area contributed by atoms with Crippen LogP contribution in [0, 0.1) is 5.92 Å². The molecule has 2 fully saturated rings. The van der Waals surface area contributed by atoms with Crippen molar-refractivity contribution in [2.45, 2.75) is 31.7 Å². The lowest BCUT2D eigenvalue weighted by atomic mass is 9.97. The van der Waals surface area contributed by atoms with Crippen molar-refractivity contribution in [1.82, 2.24) is 15.1 Å². The van der Waals surface area contributed by atoms with E-state index in [1.165, 1.54) is 12.8 Å². The van der Waals surface area contributed by atoms with Crippen molar-refractivity contribution in [3.8, 4) is 0 Å². The maximum Gasteiger partial charge on any atom is 0.321 e. The van der Waals surface area contributed by atoms with Gasteiger partial charge in [-0.2, -0.15) is 0 Å². The van der Waals surface area contributed by atoms with Gasteiger partial charge >= 0.3 is 6.03 Å². The fraction of sp³-hybridized carbons (Fsp3) is 0.440. The number of hydrogen-bond donors (Lipinski definition) is 2. The molecule has 2 aliphatic rings. The molecule has 3 amide bonds. The second-order valence-corrected chi connectivity index (χ2v) is 9.01. The quantitative estimate of drug-likeness (QED) is 0.673. The van der Waals surface area contributed by atoms with Crippen molar-refractivity contribution in [3.63, 3.8) is 0 Å². The number of piperidine rings is 1. The number of carbonyl (C=O) groups excluding carboxylic acids is 2. The molecule has 2 heterocycles. The predicted octanol–water partition coefficient (Wildman–Crippen LogP) is 4.54. The standard InChI is InChI=1S/C25H31ClN4O2/c26-22-13-5-4-12-21(22)23(29-14-6-7-15-29)17-27-24(31)19-9-8-16-30(18-19)25(32)28-20-10-2-1-3-11-20/h1-5,10-13,19,23H,6-9,14-18H2,(H,27,31)(H,28,32)/t19-,23+/m0/s1. The second-order valence-electron chi connectivity index (χ2n) is 8.61. The Morgan fingerprint density at radius 2 is 1.69 bits per heavy atom. The molecule has 0 unspecified atom stereocenters. The molecular formula is C25H31ClN4O2. The fourth-order valence-electron chi connectivity index (χ4n) is 4.68. The van der Waals surface area contributed by atoms with Gasteiger partial charge in [0, 0.05) is 30.3 Å². The number of carbonyl (C=O) groups is 2. The molecule has 32 heavy (non-hydrogen) atoms. The molecule has 2 saturated heterocycles. The maximum absolute atomic E-state index is 13.0. The summed E-state index contributed by atoms with van der Waals surface area (Å²) in [4.78, 5) is 29.8. The predicted molar refractivity (Wildman–Crippen MR) is 128 cm³/mol. The van der Waals surface area contributed by atoms with Gasteiger partial charge in [-0.3, -0.25) is 9.69 Å². The molecule has 2 aromatic rings. The van der Waals surface area contributed by atoms with Gasteiger partial charge in [0.2, 0.25) is 5.91 Å². The lowest BCUT2D eigenvalue weighted by molar-refractivity contribution is -0.126. The molecule has 2 atom stereocenters. The zero-order chi connectivity index (χ0) is 22.3. The lowest BCUT2D eigenvalue weighted by Gasteiger charge is -2.33. The number of nitrogens with zero attached hydrogens (tertiary/aromatic N) is 2. The minimum Gasteiger partial charge on any atom is -0.354 e. The third-order valence-corrected chi connectivity index (χ3v) is 6.76. The second kappa shape index (κ2) is 10.8. The molecule has 0 saturated carbocycles. The van der Waals surface area contributed by atoms with Crippen molar-refractivity contribution in [2.24, 2.45) is 5.92 Å². The van der Waals surface area contributed by atoms with Crippen LogP contribution in [0.1, 0.15) is 37.3 Å². The van der Waals surface area contributed by atoms with Gasteiger partial charge in [0.1, 0.15) is 0 Å². The zero-order valence-electron chi connectivity index (χ0n) is 18.3. The summed E-state index contributed by atoms with van der Waals surface area (Å²) in [5.41, 5.74) is 1.82. The number of benzene rings is 2. The molecule has 2 aliphatic heterocycles. The van der Waals surface area contributed by atoms with Gasteiger partial charge in [-0.25, -0.2) is 4.79 Å². The third-order valence-electron chi connectivity index (χ3n) is 6.42. The zero-order valence-corrected chi connectivity index (χ0v) is 19.1. The van der Waals surface area contributed by atoms with Crippen LogP contribution in [-0.4, -0.2) is 54.5 Å². The van der Waals surface area contributed by atoms with E-state index in [1.54, 1.807) is 4.90 Å². The SMILES string of the molecule is O=C(NC[C@H](c1ccccc1Cl)N1CCCC1)[C@H]1CCCN(C(=O)Nc2ccccc2)C1. The molecule has 0 bridgehead atoms. The number of rotatable bonds is 6. The number of amides is 3. The molecular weight excluding hydrogens is 424 g/mol. The number of para-hydroxylation sites is 1. The van der Waals surface area contributed by atoms with E-state index >= 15 is 0 Å². The first-order valence-corrected chi connectivity index (χ1v) is 11.9.